The van der Waals surface area contributed by atoms with Crippen LogP contribution in [0.4, 0.5) is 0 Å². The first-order valence-corrected chi connectivity index (χ1v) is 30.9. The van der Waals surface area contributed by atoms with Gasteiger partial charge in [0.15, 0.2) is 0 Å². The van der Waals surface area contributed by atoms with E-state index in [0.717, 1.165) is 51.4 Å². The number of carbonyl (C=O) groups is 2. The Hall–Kier alpha value is -2.18. The molecule has 0 aromatic heterocycles. The van der Waals surface area contributed by atoms with Crippen molar-refractivity contribution in [3.05, 3.63) is 48.6 Å². The van der Waals surface area contributed by atoms with E-state index in [1.54, 1.807) is 6.08 Å². The van der Waals surface area contributed by atoms with Crippen molar-refractivity contribution in [1.82, 2.24) is 5.32 Å². The highest BCUT2D eigenvalue weighted by Gasteiger charge is 2.18. The zero-order chi connectivity index (χ0) is 50.7. The average molecular weight is 983 g/mol. The van der Waals surface area contributed by atoms with E-state index in [0.29, 0.717) is 19.4 Å². The molecular weight excluding hydrogens is 863 g/mol. The molecule has 0 bridgehead atoms. The van der Waals surface area contributed by atoms with E-state index in [4.69, 9.17) is 4.74 Å². The molecule has 0 aliphatic carbocycles. The summed E-state index contributed by atoms with van der Waals surface area (Å²) in [5.74, 6) is -0.0689. The Balaban J connectivity index is 3.38. The van der Waals surface area contributed by atoms with Crippen LogP contribution in [-0.2, 0) is 14.3 Å². The molecule has 1 amide bonds. The lowest BCUT2D eigenvalue weighted by atomic mass is 10.0. The third-order valence-corrected chi connectivity index (χ3v) is 14.1. The summed E-state index contributed by atoms with van der Waals surface area (Å²) in [4.78, 5) is 24.5. The highest BCUT2D eigenvalue weighted by molar-refractivity contribution is 5.76. The van der Waals surface area contributed by atoms with E-state index in [9.17, 15) is 19.8 Å². The number of esters is 1. The van der Waals surface area contributed by atoms with Crippen LogP contribution >= 0.6 is 0 Å². The largest absolute Gasteiger partial charge is 0.466 e. The van der Waals surface area contributed by atoms with Gasteiger partial charge in [-0.2, -0.15) is 0 Å². The second kappa shape index (κ2) is 59.4. The van der Waals surface area contributed by atoms with Crippen molar-refractivity contribution in [2.45, 2.75) is 334 Å². The lowest BCUT2D eigenvalue weighted by Crippen LogP contribution is -2.45. The molecule has 0 saturated carbocycles. The lowest BCUT2D eigenvalue weighted by molar-refractivity contribution is -0.143. The van der Waals surface area contributed by atoms with Gasteiger partial charge in [0.1, 0.15) is 0 Å². The van der Waals surface area contributed by atoms with Crippen LogP contribution in [-0.4, -0.2) is 47.4 Å². The maximum Gasteiger partial charge on any atom is 0.305 e. The van der Waals surface area contributed by atoms with Gasteiger partial charge in [0.2, 0.25) is 5.91 Å². The van der Waals surface area contributed by atoms with Crippen LogP contribution in [0.25, 0.3) is 0 Å². The highest BCUT2D eigenvalue weighted by atomic mass is 16.5. The molecule has 0 rings (SSSR count). The number of nitrogens with one attached hydrogen (secondary N) is 1. The van der Waals surface area contributed by atoms with Crippen molar-refractivity contribution in [2.75, 3.05) is 13.2 Å². The molecule has 0 heterocycles. The topological polar surface area (TPSA) is 95.9 Å². The van der Waals surface area contributed by atoms with E-state index >= 15 is 0 Å². The highest BCUT2D eigenvalue weighted by Crippen LogP contribution is 2.17. The lowest BCUT2D eigenvalue weighted by Gasteiger charge is -2.20. The summed E-state index contributed by atoms with van der Waals surface area (Å²) in [7, 11) is 0. The number of aliphatic hydroxyl groups excluding tert-OH is 2. The molecular formula is C64H119NO5. The SMILES string of the molecule is CCCC/C=C\C/C=C\CCCCCCCC(=O)OCCCCCCCCCCCCCC/C=C\CCCCCCCCCCCCCCC(=O)NC(CO)C(O)/C=C/CCCCCCCCCCC. The van der Waals surface area contributed by atoms with Gasteiger partial charge in [-0.3, -0.25) is 9.59 Å². The fourth-order valence-corrected chi connectivity index (χ4v) is 9.29. The van der Waals surface area contributed by atoms with Gasteiger partial charge in [0.25, 0.3) is 0 Å². The third kappa shape index (κ3) is 55.1. The van der Waals surface area contributed by atoms with Crippen LogP contribution in [0, 0.1) is 0 Å². The van der Waals surface area contributed by atoms with Gasteiger partial charge >= 0.3 is 5.97 Å². The maximum absolute atomic E-state index is 12.4. The van der Waals surface area contributed by atoms with Crippen LogP contribution in [0.2, 0.25) is 0 Å². The number of unbranched alkanes of at least 4 members (excludes halogenated alkanes) is 40. The summed E-state index contributed by atoms with van der Waals surface area (Å²) >= 11 is 0. The number of amides is 1. The number of rotatable bonds is 57. The van der Waals surface area contributed by atoms with E-state index in [1.165, 1.54) is 244 Å². The Morgan fingerprint density at radius 3 is 1.14 bits per heavy atom. The summed E-state index contributed by atoms with van der Waals surface area (Å²) in [5, 5.41) is 23.0. The van der Waals surface area contributed by atoms with Gasteiger partial charge < -0.3 is 20.3 Å². The molecule has 0 aromatic carbocycles. The minimum atomic E-state index is -0.843. The van der Waals surface area contributed by atoms with Crippen LogP contribution < -0.4 is 5.32 Å². The number of hydrogen-bond acceptors (Lipinski definition) is 5. The third-order valence-electron chi connectivity index (χ3n) is 14.1. The molecule has 2 atom stereocenters. The van der Waals surface area contributed by atoms with Gasteiger partial charge in [-0.15, -0.1) is 0 Å². The monoisotopic (exact) mass is 982 g/mol. The molecule has 0 aliphatic rings. The Kier molecular flexibility index (Phi) is 57.5. The first-order valence-electron chi connectivity index (χ1n) is 30.9. The first kappa shape index (κ1) is 67.8. The van der Waals surface area contributed by atoms with E-state index in [1.807, 2.05) is 6.08 Å². The minimum absolute atomic E-state index is 0.000327. The standard InChI is InChI=1S/C64H119NO5/c1-3-5-7-9-11-13-15-16-34-38-42-46-50-54-58-64(69)70-59-55-51-47-43-39-35-32-30-28-26-24-22-20-18-17-19-21-23-25-27-29-31-33-37-41-45-49-53-57-63(68)65-61(60-66)62(67)56-52-48-44-40-36-14-12-10-8-6-4-2/h9,11,15-18,52,56,61-62,66-67H,3-8,10,12-14,19-51,53-55,57-60H2,1-2H3,(H,65,68)/b11-9-,16-15-,18-17-,56-52+. The van der Waals surface area contributed by atoms with Crippen LogP contribution in [0.5, 0.6) is 0 Å². The Morgan fingerprint density at radius 1 is 0.400 bits per heavy atom. The fourth-order valence-electron chi connectivity index (χ4n) is 9.29. The molecule has 0 fully saturated rings. The zero-order valence-electron chi connectivity index (χ0n) is 46.7. The second-order valence-electron chi connectivity index (χ2n) is 21.0. The van der Waals surface area contributed by atoms with Crippen molar-refractivity contribution in [3.8, 4) is 0 Å². The number of allylic oxidation sites excluding steroid dienone is 7. The number of carbonyl (C=O) groups excluding carboxylic acids is 2. The summed E-state index contributed by atoms with van der Waals surface area (Å²) in [5.41, 5.74) is 0. The smallest absolute Gasteiger partial charge is 0.305 e. The van der Waals surface area contributed by atoms with Crippen molar-refractivity contribution >= 4 is 11.9 Å². The van der Waals surface area contributed by atoms with E-state index < -0.39 is 12.1 Å². The van der Waals surface area contributed by atoms with Gasteiger partial charge in [0.05, 0.1) is 25.4 Å². The predicted molar refractivity (Wildman–Crippen MR) is 306 cm³/mol. The molecule has 3 N–H and O–H groups in total. The maximum atomic E-state index is 12.4. The number of ether oxygens (including phenoxy) is 1. The van der Waals surface area contributed by atoms with Gasteiger partial charge in [-0.25, -0.2) is 0 Å². The second-order valence-corrected chi connectivity index (χ2v) is 21.0. The summed E-state index contributed by atoms with van der Waals surface area (Å²) < 4.78 is 5.47. The molecule has 6 nitrogen and oxygen atoms in total. The normalized spacial score (nSPS) is 12.9. The minimum Gasteiger partial charge on any atom is -0.466 e. The fraction of sp³-hybridized carbons (Fsp3) is 0.844. The molecule has 0 aliphatic heterocycles. The molecule has 0 spiro atoms. The molecule has 410 valence electrons. The van der Waals surface area contributed by atoms with Gasteiger partial charge in [-0.1, -0.05) is 274 Å². The summed E-state index contributed by atoms with van der Waals surface area (Å²) in [6.07, 6.45) is 75.9. The first-order chi connectivity index (χ1) is 34.5. The Bertz CT molecular complexity index is 1180. The van der Waals surface area contributed by atoms with Crippen LogP contribution in [0.1, 0.15) is 322 Å². The van der Waals surface area contributed by atoms with Crippen molar-refractivity contribution < 1.29 is 24.5 Å². The molecule has 70 heavy (non-hydrogen) atoms. The van der Waals surface area contributed by atoms with Gasteiger partial charge in [0, 0.05) is 12.8 Å². The molecule has 0 radical (unpaired) electrons. The van der Waals surface area contributed by atoms with Crippen LogP contribution in [0.3, 0.4) is 0 Å². The van der Waals surface area contributed by atoms with E-state index in [-0.39, 0.29) is 18.5 Å². The molecule has 0 aromatic rings. The van der Waals surface area contributed by atoms with Crippen molar-refractivity contribution in [2.24, 2.45) is 0 Å². The Labute approximate surface area is 436 Å². The van der Waals surface area contributed by atoms with Crippen LogP contribution in [0.15, 0.2) is 48.6 Å². The summed E-state index contributed by atoms with van der Waals surface area (Å²) in [6.45, 7) is 4.85. The van der Waals surface area contributed by atoms with Gasteiger partial charge in [-0.05, 0) is 83.5 Å². The molecule has 0 saturated heterocycles. The molecule has 6 heteroatoms. The quantitative estimate of drug-likeness (QED) is 0.0321. The number of aliphatic hydroxyl groups is 2. The van der Waals surface area contributed by atoms with Crippen molar-refractivity contribution in [1.29, 1.82) is 0 Å². The Morgan fingerprint density at radius 2 is 0.729 bits per heavy atom. The zero-order valence-corrected chi connectivity index (χ0v) is 46.7. The molecule has 2 unspecified atom stereocenters. The van der Waals surface area contributed by atoms with E-state index in [2.05, 4.69) is 55.6 Å². The predicted octanol–water partition coefficient (Wildman–Crippen LogP) is 19.4. The summed E-state index contributed by atoms with van der Waals surface area (Å²) in [6, 6.07) is -0.627. The van der Waals surface area contributed by atoms with Crippen molar-refractivity contribution in [3.63, 3.8) is 0 Å². The average Bonchev–Trinajstić information content (AvgIpc) is 3.36. The number of hydrogen-bond donors (Lipinski definition) is 3.